The molecule has 0 aromatic carbocycles. The van der Waals surface area contributed by atoms with Crippen molar-refractivity contribution in [2.24, 2.45) is 17.8 Å². The highest BCUT2D eigenvalue weighted by molar-refractivity contribution is 4.73. The molecule has 0 spiro atoms. The van der Waals surface area contributed by atoms with Gasteiger partial charge in [-0.05, 0) is 30.6 Å². The fourth-order valence-corrected chi connectivity index (χ4v) is 2.55. The van der Waals surface area contributed by atoms with Crippen LogP contribution in [-0.2, 0) is 0 Å². The summed E-state index contributed by atoms with van der Waals surface area (Å²) in [5, 5.41) is 0. The molecule has 0 saturated heterocycles. The maximum absolute atomic E-state index is 2.38. The second kappa shape index (κ2) is 8.32. The first-order chi connectivity index (χ1) is 6.74. The van der Waals surface area contributed by atoms with Crippen LogP contribution in [0.4, 0.5) is 0 Å². The van der Waals surface area contributed by atoms with Crippen molar-refractivity contribution in [1.82, 2.24) is 0 Å². The summed E-state index contributed by atoms with van der Waals surface area (Å²) < 4.78 is 0. The van der Waals surface area contributed by atoms with E-state index in [1.807, 2.05) is 13.8 Å². The van der Waals surface area contributed by atoms with Gasteiger partial charge in [-0.25, -0.2) is 0 Å². The number of hydrogen-bond acceptors (Lipinski definition) is 0. The van der Waals surface area contributed by atoms with Crippen LogP contribution in [0.5, 0.6) is 0 Å². The van der Waals surface area contributed by atoms with Gasteiger partial charge in [0.25, 0.3) is 0 Å². The van der Waals surface area contributed by atoms with Crippen molar-refractivity contribution in [1.29, 1.82) is 0 Å². The smallest absolute Gasteiger partial charge is 0.0391 e. The molecule has 0 N–H and O–H groups in total. The van der Waals surface area contributed by atoms with E-state index in [0.717, 1.165) is 17.8 Å². The lowest BCUT2D eigenvalue weighted by molar-refractivity contribution is 0.216. The van der Waals surface area contributed by atoms with Gasteiger partial charge in [-0.2, -0.15) is 0 Å². The number of hydrogen-bond donors (Lipinski definition) is 0. The highest BCUT2D eigenvalue weighted by Gasteiger charge is 2.22. The molecule has 0 aromatic rings. The van der Waals surface area contributed by atoms with E-state index in [-0.39, 0.29) is 0 Å². The van der Waals surface area contributed by atoms with E-state index in [9.17, 15) is 0 Å². The molecule has 0 bridgehead atoms. The Balaban J connectivity index is 0.000000791. The molecule has 0 aromatic heterocycles. The van der Waals surface area contributed by atoms with Crippen molar-refractivity contribution in [2.75, 3.05) is 0 Å². The third-order valence-corrected chi connectivity index (χ3v) is 3.53. The standard InChI is InChI=1S/C12H24.C2H6/c1-4-5-11-6-8-12(9-7-11)10(2)3;1-2/h10-12H,4-9H2,1-3H3;1-2H3. The van der Waals surface area contributed by atoms with E-state index < -0.39 is 0 Å². The first-order valence-corrected chi connectivity index (χ1v) is 6.74. The van der Waals surface area contributed by atoms with Crippen LogP contribution in [0, 0.1) is 17.8 Å². The van der Waals surface area contributed by atoms with Gasteiger partial charge in [-0.15, -0.1) is 0 Å². The summed E-state index contributed by atoms with van der Waals surface area (Å²) in [4.78, 5) is 0. The van der Waals surface area contributed by atoms with Crippen molar-refractivity contribution in [3.63, 3.8) is 0 Å². The third-order valence-electron chi connectivity index (χ3n) is 3.53. The molecule has 0 atom stereocenters. The molecule has 0 unspecified atom stereocenters. The largest absolute Gasteiger partial charge is 0.0683 e. The van der Waals surface area contributed by atoms with Gasteiger partial charge >= 0.3 is 0 Å². The Morgan fingerprint density at radius 3 is 1.86 bits per heavy atom. The summed E-state index contributed by atoms with van der Waals surface area (Å²) in [6, 6.07) is 0. The monoisotopic (exact) mass is 198 g/mol. The summed E-state index contributed by atoms with van der Waals surface area (Å²) in [7, 11) is 0. The summed E-state index contributed by atoms with van der Waals surface area (Å²) in [5.41, 5.74) is 0. The van der Waals surface area contributed by atoms with Gasteiger partial charge in [0.05, 0.1) is 0 Å². The summed E-state index contributed by atoms with van der Waals surface area (Å²) >= 11 is 0. The molecule has 0 nitrogen and oxygen atoms in total. The van der Waals surface area contributed by atoms with Crippen LogP contribution >= 0.6 is 0 Å². The lowest BCUT2D eigenvalue weighted by Gasteiger charge is -2.30. The van der Waals surface area contributed by atoms with Crippen LogP contribution in [-0.4, -0.2) is 0 Å². The summed E-state index contributed by atoms with van der Waals surface area (Å²) in [6.45, 7) is 11.1. The van der Waals surface area contributed by atoms with E-state index in [1.165, 1.54) is 38.5 Å². The van der Waals surface area contributed by atoms with Crippen LogP contribution in [0.2, 0.25) is 0 Å². The Labute approximate surface area is 91.5 Å². The normalized spacial score (nSPS) is 27.0. The highest BCUT2D eigenvalue weighted by atomic mass is 14.3. The minimum Gasteiger partial charge on any atom is -0.0683 e. The molecule has 0 heterocycles. The first kappa shape index (κ1) is 14.0. The van der Waals surface area contributed by atoms with Gasteiger partial charge < -0.3 is 0 Å². The second-order valence-electron chi connectivity index (χ2n) is 4.81. The quantitative estimate of drug-likeness (QED) is 0.579. The Bertz CT molecular complexity index is 107. The van der Waals surface area contributed by atoms with Crippen molar-refractivity contribution < 1.29 is 0 Å². The lowest BCUT2D eigenvalue weighted by Crippen LogP contribution is -2.18. The Morgan fingerprint density at radius 1 is 1.00 bits per heavy atom. The van der Waals surface area contributed by atoms with E-state index in [4.69, 9.17) is 0 Å². The third kappa shape index (κ3) is 5.02. The highest BCUT2D eigenvalue weighted by Crippen LogP contribution is 2.34. The minimum atomic E-state index is 0.924. The molecule has 1 saturated carbocycles. The van der Waals surface area contributed by atoms with Gasteiger partial charge in [0.1, 0.15) is 0 Å². The van der Waals surface area contributed by atoms with Gasteiger partial charge in [-0.3, -0.25) is 0 Å². The van der Waals surface area contributed by atoms with Crippen molar-refractivity contribution in [3.8, 4) is 0 Å². The molecule has 0 amide bonds. The fourth-order valence-electron chi connectivity index (χ4n) is 2.55. The molecular formula is C14H30. The van der Waals surface area contributed by atoms with Crippen molar-refractivity contribution in [3.05, 3.63) is 0 Å². The minimum absolute atomic E-state index is 0.924. The van der Waals surface area contributed by atoms with Crippen molar-refractivity contribution in [2.45, 2.75) is 73.1 Å². The summed E-state index contributed by atoms with van der Waals surface area (Å²) in [5.74, 6) is 3.04. The van der Waals surface area contributed by atoms with Crippen LogP contribution in [0.3, 0.4) is 0 Å². The molecule has 1 aliphatic rings. The van der Waals surface area contributed by atoms with E-state index in [2.05, 4.69) is 20.8 Å². The molecular weight excluding hydrogens is 168 g/mol. The molecule has 1 aliphatic carbocycles. The zero-order valence-corrected chi connectivity index (χ0v) is 11.0. The van der Waals surface area contributed by atoms with Crippen molar-refractivity contribution >= 4 is 0 Å². The van der Waals surface area contributed by atoms with E-state index >= 15 is 0 Å². The average Bonchev–Trinajstić information content (AvgIpc) is 2.22. The van der Waals surface area contributed by atoms with Crippen LogP contribution in [0.25, 0.3) is 0 Å². The molecule has 0 heteroatoms. The zero-order valence-electron chi connectivity index (χ0n) is 11.0. The predicted molar refractivity (Wildman–Crippen MR) is 66.5 cm³/mol. The molecule has 0 radical (unpaired) electrons. The predicted octanol–water partition coefficient (Wildman–Crippen LogP) is 5.28. The zero-order chi connectivity index (χ0) is 11.0. The molecule has 1 fully saturated rings. The Kier molecular flexibility index (Phi) is 8.32. The topological polar surface area (TPSA) is 0 Å². The molecule has 1 rings (SSSR count). The molecule has 86 valence electrons. The first-order valence-electron chi connectivity index (χ1n) is 6.74. The van der Waals surface area contributed by atoms with Gasteiger partial charge in [0, 0.05) is 0 Å². The van der Waals surface area contributed by atoms with Crippen LogP contribution in [0.15, 0.2) is 0 Å². The van der Waals surface area contributed by atoms with Gasteiger partial charge in [0.15, 0.2) is 0 Å². The maximum Gasteiger partial charge on any atom is -0.0391 e. The van der Waals surface area contributed by atoms with Gasteiger partial charge in [-0.1, -0.05) is 60.3 Å². The van der Waals surface area contributed by atoms with Crippen LogP contribution < -0.4 is 0 Å². The molecule has 0 aliphatic heterocycles. The Morgan fingerprint density at radius 2 is 1.50 bits per heavy atom. The van der Waals surface area contributed by atoms with E-state index in [0.29, 0.717) is 0 Å². The summed E-state index contributed by atoms with van der Waals surface area (Å²) in [6.07, 6.45) is 8.89. The maximum atomic E-state index is 2.38. The molecule has 14 heavy (non-hydrogen) atoms. The van der Waals surface area contributed by atoms with E-state index in [1.54, 1.807) is 0 Å². The Hall–Kier alpha value is 0. The average molecular weight is 198 g/mol. The fraction of sp³-hybridized carbons (Fsp3) is 1.00. The van der Waals surface area contributed by atoms with Gasteiger partial charge in [0.2, 0.25) is 0 Å². The SMILES string of the molecule is CC.CCCC1CCC(C(C)C)CC1. The number of rotatable bonds is 3. The van der Waals surface area contributed by atoms with Crippen LogP contribution in [0.1, 0.15) is 73.1 Å². The second-order valence-corrected chi connectivity index (χ2v) is 4.81. The lowest BCUT2D eigenvalue weighted by atomic mass is 9.76.